The Hall–Kier alpha value is -1.88. The molecule has 0 heterocycles. The summed E-state index contributed by atoms with van der Waals surface area (Å²) in [4.78, 5) is 2.29. The number of rotatable bonds is 12. The van der Waals surface area contributed by atoms with E-state index in [1.54, 1.807) is 7.11 Å². The molecule has 4 nitrogen and oxygen atoms in total. The Labute approximate surface area is 163 Å². The molecule has 0 radical (unpaired) electrons. The molecule has 0 saturated heterocycles. The maximum Gasteiger partial charge on any atom is 0.123 e. The summed E-state index contributed by atoms with van der Waals surface area (Å²) in [6.07, 6.45) is 0.572. The topological polar surface area (TPSA) is 41.9 Å². The lowest BCUT2D eigenvalue weighted by Gasteiger charge is -2.26. The normalized spacial score (nSPS) is 12.5. The van der Waals surface area contributed by atoms with Gasteiger partial charge in [0.2, 0.25) is 0 Å². The number of aliphatic hydroxyl groups excluding tert-OH is 1. The molecule has 4 heteroatoms. The van der Waals surface area contributed by atoms with Gasteiger partial charge < -0.3 is 14.6 Å². The minimum Gasteiger partial charge on any atom is -0.496 e. The number of methoxy groups -OCH3 is 1. The van der Waals surface area contributed by atoms with Gasteiger partial charge >= 0.3 is 0 Å². The molecule has 0 spiro atoms. The maximum absolute atomic E-state index is 10.5. The largest absolute Gasteiger partial charge is 0.496 e. The Morgan fingerprint density at radius 1 is 1.00 bits per heavy atom. The number of aliphatic hydroxyl groups is 1. The smallest absolute Gasteiger partial charge is 0.123 e. The summed E-state index contributed by atoms with van der Waals surface area (Å²) in [6, 6.07) is 18.1. The van der Waals surface area contributed by atoms with Gasteiger partial charge in [0.1, 0.15) is 5.75 Å². The first-order valence-corrected chi connectivity index (χ1v) is 9.72. The SMILES string of the molecule is COc1ccccc1CN(CCC(C)C)C[C@H](O)COCc1ccccc1. The van der Waals surface area contributed by atoms with Crippen molar-refractivity contribution in [2.24, 2.45) is 5.92 Å². The fraction of sp³-hybridized carbons (Fsp3) is 0.478. The van der Waals surface area contributed by atoms with Crippen molar-refractivity contribution in [1.29, 1.82) is 0 Å². The van der Waals surface area contributed by atoms with E-state index in [0.29, 0.717) is 25.7 Å². The van der Waals surface area contributed by atoms with Crippen LogP contribution in [-0.2, 0) is 17.9 Å². The van der Waals surface area contributed by atoms with E-state index < -0.39 is 6.10 Å². The number of para-hydroxylation sites is 1. The van der Waals surface area contributed by atoms with Crippen molar-refractivity contribution in [1.82, 2.24) is 4.90 Å². The van der Waals surface area contributed by atoms with Crippen LogP contribution in [0.15, 0.2) is 54.6 Å². The number of hydrogen-bond acceptors (Lipinski definition) is 4. The first-order valence-electron chi connectivity index (χ1n) is 9.72. The highest BCUT2D eigenvalue weighted by Crippen LogP contribution is 2.20. The van der Waals surface area contributed by atoms with Gasteiger partial charge in [-0.25, -0.2) is 0 Å². The van der Waals surface area contributed by atoms with Crippen LogP contribution in [0, 0.1) is 5.92 Å². The third-order valence-electron chi connectivity index (χ3n) is 4.50. The second kappa shape index (κ2) is 11.8. The molecule has 0 fully saturated rings. The zero-order chi connectivity index (χ0) is 19.5. The minimum absolute atomic E-state index is 0.332. The van der Waals surface area contributed by atoms with E-state index in [-0.39, 0.29) is 0 Å². The Kier molecular flexibility index (Phi) is 9.32. The number of nitrogens with zero attached hydrogens (tertiary/aromatic N) is 1. The highest BCUT2D eigenvalue weighted by atomic mass is 16.5. The summed E-state index contributed by atoms with van der Waals surface area (Å²) in [5, 5.41) is 10.5. The zero-order valence-corrected chi connectivity index (χ0v) is 16.8. The van der Waals surface area contributed by atoms with Crippen LogP contribution in [-0.4, -0.2) is 42.9 Å². The van der Waals surface area contributed by atoms with Crippen LogP contribution >= 0.6 is 0 Å². The van der Waals surface area contributed by atoms with Crippen molar-refractivity contribution < 1.29 is 14.6 Å². The lowest BCUT2D eigenvalue weighted by molar-refractivity contribution is 0.00779. The summed E-state index contributed by atoms with van der Waals surface area (Å²) in [5.74, 6) is 1.51. The third-order valence-corrected chi connectivity index (χ3v) is 4.50. The number of benzene rings is 2. The Morgan fingerprint density at radius 3 is 2.41 bits per heavy atom. The molecular formula is C23H33NO3. The molecule has 0 amide bonds. The van der Waals surface area contributed by atoms with Gasteiger partial charge in [0.25, 0.3) is 0 Å². The molecule has 0 bridgehead atoms. The van der Waals surface area contributed by atoms with Crippen LogP contribution < -0.4 is 4.74 Å². The van der Waals surface area contributed by atoms with Gasteiger partial charge in [0.05, 0.1) is 26.4 Å². The van der Waals surface area contributed by atoms with Gasteiger partial charge in [0.15, 0.2) is 0 Å². The molecule has 2 aromatic rings. The lowest BCUT2D eigenvalue weighted by Crippen LogP contribution is -2.35. The molecule has 0 aromatic heterocycles. The number of ether oxygens (including phenoxy) is 2. The maximum atomic E-state index is 10.5. The Bertz CT molecular complexity index is 645. The highest BCUT2D eigenvalue weighted by molar-refractivity contribution is 5.33. The zero-order valence-electron chi connectivity index (χ0n) is 16.8. The van der Waals surface area contributed by atoms with E-state index >= 15 is 0 Å². The second-order valence-electron chi connectivity index (χ2n) is 7.38. The van der Waals surface area contributed by atoms with Crippen LogP contribution in [0.25, 0.3) is 0 Å². The van der Waals surface area contributed by atoms with E-state index in [0.717, 1.165) is 36.4 Å². The van der Waals surface area contributed by atoms with Crippen molar-refractivity contribution in [2.75, 3.05) is 26.8 Å². The van der Waals surface area contributed by atoms with Gasteiger partial charge in [0, 0.05) is 18.7 Å². The summed E-state index contributed by atoms with van der Waals surface area (Å²) >= 11 is 0. The molecule has 0 saturated carbocycles. The van der Waals surface area contributed by atoms with Crippen LogP contribution in [0.1, 0.15) is 31.4 Å². The van der Waals surface area contributed by atoms with Crippen LogP contribution in [0.5, 0.6) is 5.75 Å². The van der Waals surface area contributed by atoms with Crippen LogP contribution in [0.3, 0.4) is 0 Å². The third kappa shape index (κ3) is 8.12. The summed E-state index contributed by atoms with van der Waals surface area (Å²) in [6.45, 7) is 7.58. The van der Waals surface area contributed by atoms with Crippen molar-refractivity contribution in [3.05, 3.63) is 65.7 Å². The van der Waals surface area contributed by atoms with Gasteiger partial charge in [-0.3, -0.25) is 4.90 Å². The summed E-state index contributed by atoms with van der Waals surface area (Å²) in [7, 11) is 1.70. The summed E-state index contributed by atoms with van der Waals surface area (Å²) < 4.78 is 11.2. The van der Waals surface area contributed by atoms with Crippen molar-refractivity contribution in [3.8, 4) is 5.75 Å². The second-order valence-corrected chi connectivity index (χ2v) is 7.38. The molecule has 27 heavy (non-hydrogen) atoms. The molecular weight excluding hydrogens is 338 g/mol. The van der Waals surface area contributed by atoms with E-state index in [4.69, 9.17) is 9.47 Å². The van der Waals surface area contributed by atoms with Crippen molar-refractivity contribution in [2.45, 2.75) is 39.5 Å². The van der Waals surface area contributed by atoms with Gasteiger partial charge in [-0.2, -0.15) is 0 Å². The summed E-state index contributed by atoms with van der Waals surface area (Å²) in [5.41, 5.74) is 2.26. The molecule has 0 aliphatic rings. The highest BCUT2D eigenvalue weighted by Gasteiger charge is 2.15. The van der Waals surface area contributed by atoms with E-state index in [2.05, 4.69) is 24.8 Å². The lowest BCUT2D eigenvalue weighted by atomic mass is 10.1. The fourth-order valence-corrected chi connectivity index (χ4v) is 2.99. The quantitative estimate of drug-likeness (QED) is 0.609. The van der Waals surface area contributed by atoms with Gasteiger partial charge in [-0.15, -0.1) is 0 Å². The predicted molar refractivity (Wildman–Crippen MR) is 110 cm³/mol. The van der Waals surface area contributed by atoms with Crippen molar-refractivity contribution >= 4 is 0 Å². The molecule has 148 valence electrons. The number of hydrogen-bond donors (Lipinski definition) is 1. The van der Waals surface area contributed by atoms with E-state index in [9.17, 15) is 5.11 Å². The van der Waals surface area contributed by atoms with Crippen LogP contribution in [0.4, 0.5) is 0 Å². The monoisotopic (exact) mass is 371 g/mol. The van der Waals surface area contributed by atoms with E-state index in [1.165, 1.54) is 0 Å². The van der Waals surface area contributed by atoms with Crippen molar-refractivity contribution in [3.63, 3.8) is 0 Å². The van der Waals surface area contributed by atoms with Crippen LogP contribution in [0.2, 0.25) is 0 Å². The first kappa shape index (κ1) is 21.4. The molecule has 0 unspecified atom stereocenters. The average molecular weight is 372 g/mol. The molecule has 1 atom stereocenters. The standard InChI is InChI=1S/C23H33NO3/c1-19(2)13-14-24(15-21-11-7-8-12-23(21)26-3)16-22(25)18-27-17-20-9-5-4-6-10-20/h4-12,19,22,25H,13-18H2,1-3H3/t22-/m0/s1. The fourth-order valence-electron chi connectivity index (χ4n) is 2.99. The molecule has 2 aromatic carbocycles. The molecule has 0 aliphatic heterocycles. The van der Waals surface area contributed by atoms with Gasteiger partial charge in [-0.1, -0.05) is 62.4 Å². The Morgan fingerprint density at radius 2 is 1.70 bits per heavy atom. The molecule has 0 aliphatic carbocycles. The van der Waals surface area contributed by atoms with E-state index in [1.807, 2.05) is 48.5 Å². The predicted octanol–water partition coefficient (Wildman–Crippen LogP) is 4.12. The first-order chi connectivity index (χ1) is 13.1. The molecule has 2 rings (SSSR count). The van der Waals surface area contributed by atoms with Gasteiger partial charge in [-0.05, 0) is 30.5 Å². The Balaban J connectivity index is 1.88. The molecule has 1 N–H and O–H groups in total. The minimum atomic E-state index is -0.518. The average Bonchev–Trinajstić information content (AvgIpc) is 2.67.